The molecular formula is C24H39NO4. The lowest BCUT2D eigenvalue weighted by Crippen LogP contribution is -2.16. The largest absolute Gasteiger partial charge is 0.462 e. The van der Waals surface area contributed by atoms with E-state index in [0.29, 0.717) is 41.9 Å². The first-order valence-electron chi connectivity index (χ1n) is 11.2. The number of carbonyl (C=O) groups excluding carboxylic acids is 2. The van der Waals surface area contributed by atoms with E-state index < -0.39 is 11.9 Å². The first-order chi connectivity index (χ1) is 13.9. The van der Waals surface area contributed by atoms with Crippen molar-refractivity contribution in [1.82, 2.24) is 0 Å². The van der Waals surface area contributed by atoms with Crippen molar-refractivity contribution in [3.05, 3.63) is 29.3 Å². The first kappa shape index (κ1) is 25.0. The van der Waals surface area contributed by atoms with Crippen LogP contribution in [0.1, 0.15) is 99.8 Å². The molecule has 0 fully saturated rings. The van der Waals surface area contributed by atoms with Crippen molar-refractivity contribution in [2.45, 2.75) is 79.1 Å². The molecule has 0 aliphatic heterocycles. The summed E-state index contributed by atoms with van der Waals surface area (Å²) < 4.78 is 11.0. The molecule has 2 atom stereocenters. The molecule has 5 nitrogen and oxygen atoms in total. The van der Waals surface area contributed by atoms with Gasteiger partial charge in [0.15, 0.2) is 0 Å². The quantitative estimate of drug-likeness (QED) is 0.303. The van der Waals surface area contributed by atoms with E-state index >= 15 is 0 Å². The second-order valence-corrected chi connectivity index (χ2v) is 7.87. The second kappa shape index (κ2) is 14.0. The molecule has 1 aromatic carbocycles. The summed E-state index contributed by atoms with van der Waals surface area (Å²) >= 11 is 0. The monoisotopic (exact) mass is 405 g/mol. The average Bonchev–Trinajstić information content (AvgIpc) is 2.73. The third-order valence-corrected chi connectivity index (χ3v) is 5.41. The zero-order valence-corrected chi connectivity index (χ0v) is 18.7. The number of esters is 2. The number of hydrogen-bond acceptors (Lipinski definition) is 5. The highest BCUT2D eigenvalue weighted by Crippen LogP contribution is 2.18. The molecule has 0 bridgehead atoms. The Morgan fingerprint density at radius 2 is 1.21 bits per heavy atom. The number of carbonyl (C=O) groups is 2. The van der Waals surface area contributed by atoms with Gasteiger partial charge in [-0.3, -0.25) is 0 Å². The van der Waals surface area contributed by atoms with Crippen molar-refractivity contribution >= 4 is 17.6 Å². The Labute approximate surface area is 176 Å². The van der Waals surface area contributed by atoms with E-state index in [4.69, 9.17) is 15.2 Å². The molecule has 1 rings (SSSR count). The van der Waals surface area contributed by atoms with Crippen molar-refractivity contribution in [2.75, 3.05) is 18.9 Å². The molecule has 2 unspecified atom stereocenters. The Hall–Kier alpha value is -2.04. The number of benzene rings is 1. The van der Waals surface area contributed by atoms with Gasteiger partial charge in [-0.25, -0.2) is 9.59 Å². The van der Waals surface area contributed by atoms with Crippen LogP contribution in [0.4, 0.5) is 5.69 Å². The minimum Gasteiger partial charge on any atom is -0.462 e. The fourth-order valence-corrected chi connectivity index (χ4v) is 3.24. The SMILES string of the molecule is CCCCC(CC)COC(=O)c1cc(N)cc(C(=O)OCC(CC)CCCC)c1. The second-order valence-electron chi connectivity index (χ2n) is 7.87. The van der Waals surface area contributed by atoms with E-state index in [1.165, 1.54) is 6.07 Å². The summed E-state index contributed by atoms with van der Waals surface area (Å²) in [6, 6.07) is 4.60. The third kappa shape index (κ3) is 9.33. The van der Waals surface area contributed by atoms with Crippen LogP contribution in [0.2, 0.25) is 0 Å². The van der Waals surface area contributed by atoms with Gasteiger partial charge in [-0.1, -0.05) is 66.2 Å². The molecule has 29 heavy (non-hydrogen) atoms. The number of rotatable bonds is 14. The van der Waals surface area contributed by atoms with Gasteiger partial charge < -0.3 is 15.2 Å². The van der Waals surface area contributed by atoms with Crippen LogP contribution in [-0.4, -0.2) is 25.2 Å². The maximum atomic E-state index is 12.5. The Morgan fingerprint density at radius 1 is 0.793 bits per heavy atom. The standard InChI is InChI=1S/C24H39NO4/c1-5-9-11-18(7-3)16-28-23(26)20-13-21(15-22(25)14-20)24(27)29-17-19(8-4)12-10-6-2/h13-15,18-19H,5-12,16-17,25H2,1-4H3. The van der Waals surface area contributed by atoms with Crippen LogP contribution in [0.25, 0.3) is 0 Å². The zero-order valence-electron chi connectivity index (χ0n) is 18.7. The fourth-order valence-electron chi connectivity index (χ4n) is 3.24. The third-order valence-electron chi connectivity index (χ3n) is 5.41. The summed E-state index contributed by atoms with van der Waals surface area (Å²) in [5.74, 6) is -0.177. The van der Waals surface area contributed by atoms with E-state index in [0.717, 1.165) is 51.4 Å². The lowest BCUT2D eigenvalue weighted by molar-refractivity contribution is 0.0426. The summed E-state index contributed by atoms with van der Waals surface area (Å²) in [5.41, 5.74) is 6.85. The fraction of sp³-hybridized carbons (Fsp3) is 0.667. The smallest absolute Gasteiger partial charge is 0.338 e. The lowest BCUT2D eigenvalue weighted by Gasteiger charge is -2.16. The van der Waals surface area contributed by atoms with Crippen LogP contribution in [0.3, 0.4) is 0 Å². The molecule has 5 heteroatoms. The molecule has 0 aromatic heterocycles. The Morgan fingerprint density at radius 3 is 1.55 bits per heavy atom. The number of hydrogen-bond donors (Lipinski definition) is 1. The van der Waals surface area contributed by atoms with Crippen LogP contribution in [0, 0.1) is 11.8 Å². The van der Waals surface area contributed by atoms with Crippen LogP contribution in [-0.2, 0) is 9.47 Å². The van der Waals surface area contributed by atoms with Gasteiger partial charge in [0.25, 0.3) is 0 Å². The van der Waals surface area contributed by atoms with Gasteiger partial charge in [0.05, 0.1) is 24.3 Å². The highest BCUT2D eigenvalue weighted by atomic mass is 16.5. The van der Waals surface area contributed by atoms with Crippen LogP contribution in [0.5, 0.6) is 0 Å². The summed E-state index contributed by atoms with van der Waals surface area (Å²) in [6.07, 6.45) is 8.54. The molecule has 0 spiro atoms. The lowest BCUT2D eigenvalue weighted by atomic mass is 10.0. The van der Waals surface area contributed by atoms with E-state index in [1.54, 1.807) is 12.1 Å². The van der Waals surface area contributed by atoms with E-state index in [9.17, 15) is 9.59 Å². The first-order valence-corrected chi connectivity index (χ1v) is 11.2. The van der Waals surface area contributed by atoms with E-state index in [2.05, 4.69) is 27.7 Å². The van der Waals surface area contributed by atoms with E-state index in [1.807, 2.05) is 0 Å². The summed E-state index contributed by atoms with van der Waals surface area (Å²) in [5, 5.41) is 0. The molecule has 0 heterocycles. The van der Waals surface area contributed by atoms with Crippen molar-refractivity contribution in [2.24, 2.45) is 11.8 Å². The number of nitrogens with two attached hydrogens (primary N) is 1. The van der Waals surface area contributed by atoms with Gasteiger partial charge in [0, 0.05) is 5.69 Å². The molecule has 0 aliphatic rings. The van der Waals surface area contributed by atoms with Crippen molar-refractivity contribution in [1.29, 1.82) is 0 Å². The molecule has 0 saturated heterocycles. The van der Waals surface area contributed by atoms with Crippen LogP contribution in [0.15, 0.2) is 18.2 Å². The summed E-state index contributed by atoms with van der Waals surface area (Å²) in [4.78, 5) is 24.9. The molecule has 0 saturated carbocycles. The normalized spacial score (nSPS) is 13.0. The minimum atomic E-state index is -0.448. The van der Waals surface area contributed by atoms with Crippen molar-refractivity contribution < 1.29 is 19.1 Å². The van der Waals surface area contributed by atoms with Gasteiger partial charge in [-0.2, -0.15) is 0 Å². The highest BCUT2D eigenvalue weighted by Gasteiger charge is 2.17. The molecular weight excluding hydrogens is 366 g/mol. The highest BCUT2D eigenvalue weighted by molar-refractivity contribution is 5.96. The number of unbranched alkanes of at least 4 members (excludes halogenated alkanes) is 2. The predicted octanol–water partition coefficient (Wildman–Crippen LogP) is 6.02. The Bertz CT molecular complexity index is 579. The predicted molar refractivity (Wildman–Crippen MR) is 118 cm³/mol. The van der Waals surface area contributed by atoms with Gasteiger partial charge in [0.1, 0.15) is 0 Å². The van der Waals surface area contributed by atoms with E-state index in [-0.39, 0.29) is 0 Å². The van der Waals surface area contributed by atoms with Gasteiger partial charge in [0.2, 0.25) is 0 Å². The van der Waals surface area contributed by atoms with Crippen LogP contribution >= 0.6 is 0 Å². The summed E-state index contributed by atoms with van der Waals surface area (Å²) in [7, 11) is 0. The maximum Gasteiger partial charge on any atom is 0.338 e. The van der Waals surface area contributed by atoms with Crippen molar-refractivity contribution in [3.63, 3.8) is 0 Å². The summed E-state index contributed by atoms with van der Waals surface area (Å²) in [6.45, 7) is 9.29. The van der Waals surface area contributed by atoms with Crippen molar-refractivity contribution in [3.8, 4) is 0 Å². The number of ether oxygens (including phenoxy) is 2. The maximum absolute atomic E-state index is 12.5. The number of nitrogen functional groups attached to an aromatic ring is 1. The molecule has 164 valence electrons. The molecule has 0 aliphatic carbocycles. The molecule has 1 aromatic rings. The molecule has 2 N–H and O–H groups in total. The Kier molecular flexibility index (Phi) is 12.1. The van der Waals surface area contributed by atoms with Gasteiger partial charge in [-0.15, -0.1) is 0 Å². The average molecular weight is 406 g/mol. The zero-order chi connectivity index (χ0) is 21.6. The molecule has 0 amide bonds. The van der Waals surface area contributed by atoms with Gasteiger partial charge in [-0.05, 0) is 42.9 Å². The number of anilines is 1. The minimum absolute atomic E-state index is 0.292. The molecule has 0 radical (unpaired) electrons. The topological polar surface area (TPSA) is 78.6 Å². The van der Waals surface area contributed by atoms with Gasteiger partial charge >= 0.3 is 11.9 Å². The Balaban J connectivity index is 2.70. The van der Waals surface area contributed by atoms with Crippen LogP contribution < -0.4 is 5.73 Å².